The standard InChI is InChI=1S/C12H8Cl2O2/c13-12(14,11(15)16)10-7-3-5-8-4-1-2-6-9(8)10/h1-7H,(H,15,16). The molecule has 0 saturated heterocycles. The molecular weight excluding hydrogens is 247 g/mol. The Morgan fingerprint density at radius 3 is 2.38 bits per heavy atom. The summed E-state index contributed by atoms with van der Waals surface area (Å²) in [6.45, 7) is 0. The number of alkyl halides is 2. The van der Waals surface area contributed by atoms with Crippen LogP contribution in [0.3, 0.4) is 0 Å². The molecule has 0 radical (unpaired) electrons. The van der Waals surface area contributed by atoms with E-state index in [2.05, 4.69) is 0 Å². The lowest BCUT2D eigenvalue weighted by Gasteiger charge is -2.16. The van der Waals surface area contributed by atoms with Crippen LogP contribution in [-0.2, 0) is 9.13 Å². The van der Waals surface area contributed by atoms with Gasteiger partial charge >= 0.3 is 5.97 Å². The van der Waals surface area contributed by atoms with Crippen LogP contribution in [0.5, 0.6) is 0 Å². The first-order valence-corrected chi connectivity index (χ1v) is 5.38. The summed E-state index contributed by atoms with van der Waals surface area (Å²) in [7, 11) is 0. The first-order valence-electron chi connectivity index (χ1n) is 4.63. The van der Waals surface area contributed by atoms with Crippen LogP contribution in [0, 0.1) is 0 Å². The predicted octanol–water partition coefficient (Wildman–Crippen LogP) is 3.55. The Labute approximate surface area is 102 Å². The Morgan fingerprint density at radius 2 is 1.69 bits per heavy atom. The lowest BCUT2D eigenvalue weighted by Crippen LogP contribution is -2.22. The molecule has 2 nitrogen and oxygen atoms in total. The fourth-order valence-corrected chi connectivity index (χ4v) is 1.94. The van der Waals surface area contributed by atoms with Crippen molar-refractivity contribution in [3.05, 3.63) is 48.0 Å². The lowest BCUT2D eigenvalue weighted by molar-refractivity contribution is -0.138. The van der Waals surface area contributed by atoms with E-state index in [0.717, 1.165) is 10.8 Å². The molecule has 0 bridgehead atoms. The number of rotatable bonds is 2. The van der Waals surface area contributed by atoms with Crippen molar-refractivity contribution >= 4 is 39.9 Å². The average molecular weight is 255 g/mol. The minimum absolute atomic E-state index is 0.390. The van der Waals surface area contributed by atoms with Crippen molar-refractivity contribution in [2.75, 3.05) is 0 Å². The van der Waals surface area contributed by atoms with Crippen LogP contribution >= 0.6 is 23.2 Å². The fourth-order valence-electron chi connectivity index (χ4n) is 1.61. The van der Waals surface area contributed by atoms with Gasteiger partial charge in [-0.05, 0) is 10.8 Å². The van der Waals surface area contributed by atoms with Gasteiger partial charge in [0.15, 0.2) is 0 Å². The first kappa shape index (κ1) is 11.2. The number of carbonyl (C=O) groups is 1. The van der Waals surface area contributed by atoms with E-state index in [1.54, 1.807) is 18.2 Å². The SMILES string of the molecule is O=C(O)C(Cl)(Cl)c1cccc2ccccc12. The minimum Gasteiger partial charge on any atom is -0.479 e. The molecule has 16 heavy (non-hydrogen) atoms. The summed E-state index contributed by atoms with van der Waals surface area (Å²) in [6, 6.07) is 12.6. The van der Waals surface area contributed by atoms with Crippen molar-refractivity contribution in [3.8, 4) is 0 Å². The molecule has 0 aliphatic heterocycles. The van der Waals surface area contributed by atoms with E-state index in [9.17, 15) is 4.79 Å². The monoisotopic (exact) mass is 254 g/mol. The highest BCUT2D eigenvalue weighted by Crippen LogP contribution is 2.38. The summed E-state index contributed by atoms with van der Waals surface area (Å²) >= 11 is 11.7. The molecule has 2 rings (SSSR count). The molecule has 0 amide bonds. The molecule has 82 valence electrons. The molecule has 0 atom stereocenters. The highest BCUT2D eigenvalue weighted by Gasteiger charge is 2.36. The Balaban J connectivity index is 2.74. The Kier molecular flexibility index (Phi) is 2.78. The molecule has 0 fully saturated rings. The van der Waals surface area contributed by atoms with Crippen molar-refractivity contribution in [1.82, 2.24) is 0 Å². The number of benzene rings is 2. The van der Waals surface area contributed by atoms with Gasteiger partial charge in [-0.15, -0.1) is 0 Å². The molecule has 2 aromatic carbocycles. The van der Waals surface area contributed by atoms with E-state index < -0.39 is 10.3 Å². The molecule has 0 heterocycles. The smallest absolute Gasteiger partial charge is 0.344 e. The second-order valence-electron chi connectivity index (χ2n) is 3.41. The first-order chi connectivity index (χ1) is 7.53. The topological polar surface area (TPSA) is 37.3 Å². The van der Waals surface area contributed by atoms with Crippen LogP contribution in [0.1, 0.15) is 5.56 Å². The second kappa shape index (κ2) is 3.96. The van der Waals surface area contributed by atoms with E-state index in [-0.39, 0.29) is 0 Å². The van der Waals surface area contributed by atoms with Gasteiger partial charge in [0, 0.05) is 5.56 Å². The van der Waals surface area contributed by atoms with Crippen LogP contribution < -0.4 is 0 Å². The number of hydrogen-bond donors (Lipinski definition) is 1. The van der Waals surface area contributed by atoms with Gasteiger partial charge in [0.1, 0.15) is 0 Å². The average Bonchev–Trinajstić information content (AvgIpc) is 2.28. The number of hydrogen-bond acceptors (Lipinski definition) is 1. The molecular formula is C12H8Cl2O2. The van der Waals surface area contributed by atoms with Gasteiger partial charge in [-0.2, -0.15) is 0 Å². The summed E-state index contributed by atoms with van der Waals surface area (Å²) in [4.78, 5) is 11.0. The van der Waals surface area contributed by atoms with Crippen LogP contribution in [-0.4, -0.2) is 11.1 Å². The molecule has 1 N–H and O–H groups in total. The fraction of sp³-hybridized carbons (Fsp3) is 0.0833. The summed E-state index contributed by atoms with van der Waals surface area (Å²) in [5, 5.41) is 10.6. The summed E-state index contributed by atoms with van der Waals surface area (Å²) < 4.78 is -1.92. The van der Waals surface area contributed by atoms with E-state index in [1.807, 2.05) is 24.3 Å². The molecule has 0 spiro atoms. The van der Waals surface area contributed by atoms with Gasteiger partial charge in [0.05, 0.1) is 0 Å². The van der Waals surface area contributed by atoms with Crippen LogP contribution in [0.2, 0.25) is 0 Å². The van der Waals surface area contributed by atoms with Crippen molar-refractivity contribution in [1.29, 1.82) is 0 Å². The molecule has 4 heteroatoms. The van der Waals surface area contributed by atoms with Crippen molar-refractivity contribution < 1.29 is 9.90 Å². The van der Waals surface area contributed by atoms with E-state index >= 15 is 0 Å². The number of carboxylic acid groups (broad SMARTS) is 1. The lowest BCUT2D eigenvalue weighted by atomic mass is 10.0. The Morgan fingerprint density at radius 1 is 1.06 bits per heavy atom. The predicted molar refractivity (Wildman–Crippen MR) is 65.0 cm³/mol. The highest BCUT2D eigenvalue weighted by atomic mass is 35.5. The zero-order valence-electron chi connectivity index (χ0n) is 8.15. The number of fused-ring (bicyclic) bond motifs is 1. The quantitative estimate of drug-likeness (QED) is 0.833. The Hall–Kier alpha value is -1.25. The second-order valence-corrected chi connectivity index (χ2v) is 4.73. The highest BCUT2D eigenvalue weighted by molar-refractivity contribution is 6.57. The van der Waals surface area contributed by atoms with Crippen molar-refractivity contribution in [2.45, 2.75) is 4.33 Å². The molecule has 2 aromatic rings. The van der Waals surface area contributed by atoms with Gasteiger partial charge in [0.2, 0.25) is 4.33 Å². The Bertz CT molecular complexity index is 544. The molecule has 0 aliphatic carbocycles. The molecule has 0 saturated carbocycles. The summed E-state index contributed by atoms with van der Waals surface area (Å²) in [6.07, 6.45) is 0. The number of carboxylic acids is 1. The van der Waals surface area contributed by atoms with Gasteiger partial charge in [-0.3, -0.25) is 0 Å². The summed E-state index contributed by atoms with van der Waals surface area (Å²) in [5.41, 5.74) is 0.390. The minimum atomic E-state index is -1.92. The largest absolute Gasteiger partial charge is 0.479 e. The maximum Gasteiger partial charge on any atom is 0.344 e. The van der Waals surface area contributed by atoms with E-state index in [1.165, 1.54) is 0 Å². The maximum absolute atomic E-state index is 11.0. The maximum atomic E-state index is 11.0. The van der Waals surface area contributed by atoms with Crippen molar-refractivity contribution in [2.24, 2.45) is 0 Å². The van der Waals surface area contributed by atoms with Gasteiger partial charge in [-0.25, -0.2) is 4.79 Å². The van der Waals surface area contributed by atoms with Crippen LogP contribution in [0.4, 0.5) is 0 Å². The third-order valence-electron chi connectivity index (χ3n) is 2.40. The van der Waals surface area contributed by atoms with Gasteiger partial charge < -0.3 is 5.11 Å². The zero-order valence-corrected chi connectivity index (χ0v) is 9.66. The molecule has 0 unspecified atom stereocenters. The normalized spacial score (nSPS) is 11.6. The van der Waals surface area contributed by atoms with E-state index in [0.29, 0.717) is 5.56 Å². The van der Waals surface area contributed by atoms with Crippen molar-refractivity contribution in [3.63, 3.8) is 0 Å². The van der Waals surface area contributed by atoms with Crippen LogP contribution in [0.15, 0.2) is 42.5 Å². The molecule has 0 aliphatic rings. The van der Waals surface area contributed by atoms with E-state index in [4.69, 9.17) is 28.3 Å². The third kappa shape index (κ3) is 1.75. The molecule has 0 aromatic heterocycles. The van der Waals surface area contributed by atoms with Gasteiger partial charge in [0.25, 0.3) is 0 Å². The third-order valence-corrected chi connectivity index (χ3v) is 3.13. The van der Waals surface area contributed by atoms with Gasteiger partial charge in [-0.1, -0.05) is 65.7 Å². The zero-order chi connectivity index (χ0) is 11.8. The number of halogens is 2. The summed E-state index contributed by atoms with van der Waals surface area (Å²) in [5.74, 6) is -1.27. The van der Waals surface area contributed by atoms with Crippen LogP contribution in [0.25, 0.3) is 10.8 Å². The number of aliphatic carboxylic acids is 1.